The fraction of sp³-hybridized carbons (Fsp3) is 0.233. The molecule has 0 aliphatic carbocycles. The van der Waals surface area contributed by atoms with Crippen LogP contribution in [-0.2, 0) is 16.1 Å². The van der Waals surface area contributed by atoms with Crippen molar-refractivity contribution in [1.29, 1.82) is 0 Å². The van der Waals surface area contributed by atoms with Gasteiger partial charge in [-0.3, -0.25) is 9.36 Å². The highest BCUT2D eigenvalue weighted by atomic mass is 35.5. The van der Waals surface area contributed by atoms with E-state index in [1.165, 1.54) is 22.7 Å². The van der Waals surface area contributed by atoms with Crippen molar-refractivity contribution in [3.8, 4) is 5.75 Å². The maximum Gasteiger partial charge on any atom is 0.338 e. The number of rotatable bonds is 9. The van der Waals surface area contributed by atoms with Gasteiger partial charge in [-0.2, -0.15) is 0 Å². The third kappa shape index (κ3) is 5.78. The number of aromatic nitrogens is 1. The molecule has 2 aromatic heterocycles. The first kappa shape index (κ1) is 27.1. The first-order chi connectivity index (χ1) is 19.0. The summed E-state index contributed by atoms with van der Waals surface area (Å²) in [5.74, 6) is 0.277. The molecule has 1 atom stereocenters. The minimum Gasteiger partial charge on any atom is -0.489 e. The molecule has 9 heteroatoms. The first-order valence-corrected chi connectivity index (χ1v) is 14.8. The molecule has 0 bridgehead atoms. The van der Waals surface area contributed by atoms with Crippen LogP contribution in [0.5, 0.6) is 5.75 Å². The molecule has 0 fully saturated rings. The molecule has 4 aromatic rings. The lowest BCUT2D eigenvalue weighted by molar-refractivity contribution is -0.139. The SMILES string of the molecule is CCCC1=C(C(=O)OCC)C(c2cccs2)n2c(s/c(=C\c3ccc(OCc4ccccc4Cl)cc3)c2=O)=N1. The van der Waals surface area contributed by atoms with Crippen molar-refractivity contribution in [1.82, 2.24) is 4.57 Å². The Bertz CT molecular complexity index is 1690. The Kier molecular flexibility index (Phi) is 8.45. The molecule has 1 aliphatic heterocycles. The molecule has 2 aromatic carbocycles. The molecule has 0 saturated heterocycles. The monoisotopic (exact) mass is 578 g/mol. The molecule has 0 N–H and O–H groups in total. The quantitative estimate of drug-likeness (QED) is 0.233. The number of hydrogen-bond acceptors (Lipinski definition) is 7. The Morgan fingerprint density at radius 1 is 1.10 bits per heavy atom. The van der Waals surface area contributed by atoms with E-state index >= 15 is 0 Å². The lowest BCUT2D eigenvalue weighted by atomic mass is 9.99. The number of carbonyl (C=O) groups is 1. The van der Waals surface area contributed by atoms with Gasteiger partial charge in [-0.15, -0.1) is 11.3 Å². The van der Waals surface area contributed by atoms with Crippen LogP contribution in [0.1, 0.15) is 48.7 Å². The topological polar surface area (TPSA) is 69.9 Å². The summed E-state index contributed by atoms with van der Waals surface area (Å²) in [6, 6.07) is 18.4. The normalized spacial score (nSPS) is 15.2. The zero-order valence-electron chi connectivity index (χ0n) is 21.6. The number of benzene rings is 2. The Hall–Kier alpha value is -3.46. The average Bonchev–Trinajstić information content (AvgIpc) is 3.57. The number of nitrogens with zero attached hydrogens (tertiary/aromatic N) is 2. The van der Waals surface area contributed by atoms with Gasteiger partial charge in [0.15, 0.2) is 4.80 Å². The fourth-order valence-electron chi connectivity index (χ4n) is 4.43. The van der Waals surface area contributed by atoms with Gasteiger partial charge < -0.3 is 9.47 Å². The maximum atomic E-state index is 13.7. The standard InChI is InChI=1S/C30H27ClN2O4S2/c1-3-8-23-26(29(35)36-4-2)27(24-11-7-16-38-24)33-28(34)25(39-30(33)32-23)17-19-12-14-21(15-13-19)37-18-20-9-5-6-10-22(20)31/h5-7,9-17,27H,3-4,8,18H2,1-2H3/b25-17-. The van der Waals surface area contributed by atoms with Gasteiger partial charge in [0, 0.05) is 15.5 Å². The van der Waals surface area contributed by atoms with Crippen LogP contribution < -0.4 is 19.6 Å². The highest BCUT2D eigenvalue weighted by molar-refractivity contribution is 7.10. The molecular formula is C30H27ClN2O4S2. The zero-order chi connectivity index (χ0) is 27.4. The molecule has 0 saturated carbocycles. The van der Waals surface area contributed by atoms with Crippen molar-refractivity contribution in [2.75, 3.05) is 6.61 Å². The molecule has 6 nitrogen and oxygen atoms in total. The van der Waals surface area contributed by atoms with Crippen LogP contribution in [0.2, 0.25) is 5.02 Å². The van der Waals surface area contributed by atoms with Gasteiger partial charge in [-0.25, -0.2) is 9.79 Å². The van der Waals surface area contributed by atoms with Crippen molar-refractivity contribution in [3.05, 3.63) is 118 Å². The fourth-order valence-corrected chi connectivity index (χ4v) is 6.46. The van der Waals surface area contributed by atoms with Gasteiger partial charge in [-0.1, -0.05) is 72.7 Å². The highest BCUT2D eigenvalue weighted by Crippen LogP contribution is 2.34. The summed E-state index contributed by atoms with van der Waals surface area (Å²) < 4.78 is 13.5. The lowest BCUT2D eigenvalue weighted by Crippen LogP contribution is -2.39. The van der Waals surface area contributed by atoms with Gasteiger partial charge in [0.05, 0.1) is 22.4 Å². The summed E-state index contributed by atoms with van der Waals surface area (Å²) in [6.45, 7) is 4.44. The molecule has 39 heavy (non-hydrogen) atoms. The Labute approximate surface area is 239 Å². The summed E-state index contributed by atoms with van der Waals surface area (Å²) in [6.07, 6.45) is 3.29. The number of thiophene rings is 1. The summed E-state index contributed by atoms with van der Waals surface area (Å²) >= 11 is 9.06. The molecule has 0 radical (unpaired) electrons. The number of carbonyl (C=O) groups excluding carboxylic acids is 1. The van der Waals surface area contributed by atoms with Crippen molar-refractivity contribution in [3.63, 3.8) is 0 Å². The summed E-state index contributed by atoms with van der Waals surface area (Å²) in [7, 11) is 0. The molecule has 1 unspecified atom stereocenters. The molecule has 200 valence electrons. The van der Waals surface area contributed by atoms with E-state index in [9.17, 15) is 9.59 Å². The number of thiazole rings is 1. The predicted molar refractivity (Wildman–Crippen MR) is 156 cm³/mol. The molecule has 3 heterocycles. The third-order valence-electron chi connectivity index (χ3n) is 6.23. The van der Waals surface area contributed by atoms with Crippen LogP contribution in [0.3, 0.4) is 0 Å². The minimum absolute atomic E-state index is 0.187. The van der Waals surface area contributed by atoms with Crippen molar-refractivity contribution in [2.45, 2.75) is 39.3 Å². The van der Waals surface area contributed by atoms with E-state index in [1.54, 1.807) is 11.5 Å². The van der Waals surface area contributed by atoms with E-state index in [0.29, 0.717) is 44.4 Å². The Morgan fingerprint density at radius 2 is 1.90 bits per heavy atom. The number of ether oxygens (including phenoxy) is 2. The van der Waals surface area contributed by atoms with E-state index in [0.717, 1.165) is 22.4 Å². The van der Waals surface area contributed by atoms with E-state index in [1.807, 2.05) is 79.0 Å². The van der Waals surface area contributed by atoms with E-state index in [2.05, 4.69) is 0 Å². The summed E-state index contributed by atoms with van der Waals surface area (Å²) in [5, 5.41) is 2.61. The lowest BCUT2D eigenvalue weighted by Gasteiger charge is -2.24. The number of esters is 1. The van der Waals surface area contributed by atoms with Crippen LogP contribution in [-0.4, -0.2) is 17.1 Å². The first-order valence-electron chi connectivity index (χ1n) is 12.7. The second-order valence-corrected chi connectivity index (χ2v) is 11.3. The smallest absolute Gasteiger partial charge is 0.338 e. The molecular weight excluding hydrogens is 552 g/mol. The Balaban J connectivity index is 1.50. The molecule has 1 aliphatic rings. The highest BCUT2D eigenvalue weighted by Gasteiger charge is 2.34. The van der Waals surface area contributed by atoms with Gasteiger partial charge >= 0.3 is 5.97 Å². The van der Waals surface area contributed by atoms with Gasteiger partial charge in [-0.05, 0) is 54.6 Å². The predicted octanol–water partition coefficient (Wildman–Crippen LogP) is 5.87. The molecule has 0 spiro atoms. The number of hydrogen-bond donors (Lipinski definition) is 0. The van der Waals surface area contributed by atoms with Crippen LogP contribution in [0.15, 0.2) is 87.1 Å². The van der Waals surface area contributed by atoms with Crippen molar-refractivity contribution in [2.24, 2.45) is 4.99 Å². The van der Waals surface area contributed by atoms with Crippen molar-refractivity contribution < 1.29 is 14.3 Å². The maximum absolute atomic E-state index is 13.7. The Morgan fingerprint density at radius 3 is 2.59 bits per heavy atom. The summed E-state index contributed by atoms with van der Waals surface area (Å²) in [5.41, 5.74) is 2.71. The third-order valence-corrected chi connectivity index (χ3v) is 8.51. The molecule has 5 rings (SSSR count). The van der Waals surface area contributed by atoms with Crippen LogP contribution in [0.25, 0.3) is 6.08 Å². The average molecular weight is 579 g/mol. The van der Waals surface area contributed by atoms with Crippen LogP contribution >= 0.6 is 34.3 Å². The van der Waals surface area contributed by atoms with Crippen LogP contribution in [0.4, 0.5) is 0 Å². The van der Waals surface area contributed by atoms with Crippen molar-refractivity contribution >= 4 is 46.3 Å². The van der Waals surface area contributed by atoms with Gasteiger partial charge in [0.2, 0.25) is 0 Å². The van der Waals surface area contributed by atoms with E-state index in [-0.39, 0.29) is 12.2 Å². The number of halogens is 1. The second-order valence-electron chi connectivity index (χ2n) is 8.88. The summed E-state index contributed by atoms with van der Waals surface area (Å²) in [4.78, 5) is 33.1. The number of fused-ring (bicyclic) bond motifs is 1. The minimum atomic E-state index is -0.565. The van der Waals surface area contributed by atoms with Gasteiger partial charge in [0.1, 0.15) is 18.4 Å². The van der Waals surface area contributed by atoms with E-state index < -0.39 is 12.0 Å². The number of allylic oxidation sites excluding steroid dienone is 1. The van der Waals surface area contributed by atoms with Gasteiger partial charge in [0.25, 0.3) is 5.56 Å². The second kappa shape index (κ2) is 12.2. The largest absolute Gasteiger partial charge is 0.489 e. The van der Waals surface area contributed by atoms with E-state index in [4.69, 9.17) is 26.1 Å². The zero-order valence-corrected chi connectivity index (χ0v) is 23.9. The van der Waals surface area contributed by atoms with Crippen LogP contribution in [0, 0.1) is 0 Å². The molecule has 0 amide bonds.